The van der Waals surface area contributed by atoms with Gasteiger partial charge in [-0.2, -0.15) is 0 Å². The van der Waals surface area contributed by atoms with E-state index in [9.17, 15) is 9.59 Å². The number of carbonyl (C=O) groups is 2. The van der Waals surface area contributed by atoms with E-state index in [1.54, 1.807) is 30.9 Å². The Balaban J connectivity index is 2.74. The van der Waals surface area contributed by atoms with Gasteiger partial charge in [0.2, 0.25) is 11.8 Å². The van der Waals surface area contributed by atoms with E-state index in [0.717, 1.165) is 12.0 Å². The summed E-state index contributed by atoms with van der Waals surface area (Å²) >= 11 is 5.89. The van der Waals surface area contributed by atoms with Gasteiger partial charge < -0.3 is 10.2 Å². The maximum absolute atomic E-state index is 12.3. The minimum absolute atomic E-state index is 0.0357. The molecule has 1 N–H and O–H groups in total. The maximum Gasteiger partial charge on any atom is 0.242 e. The highest BCUT2D eigenvalue weighted by molar-refractivity contribution is 6.30. The summed E-state index contributed by atoms with van der Waals surface area (Å²) in [4.78, 5) is 26.2. The van der Waals surface area contributed by atoms with Crippen LogP contribution in [-0.2, 0) is 16.1 Å². The number of amides is 2. The lowest BCUT2D eigenvalue weighted by atomic mass is 10.1. The van der Waals surface area contributed by atoms with Gasteiger partial charge in [-0.3, -0.25) is 9.59 Å². The second-order valence-electron chi connectivity index (χ2n) is 6.15. The summed E-state index contributed by atoms with van der Waals surface area (Å²) in [6.07, 6.45) is 1.30. The van der Waals surface area contributed by atoms with E-state index < -0.39 is 6.04 Å². The number of carbonyl (C=O) groups excluding carboxylic acids is 2. The van der Waals surface area contributed by atoms with Gasteiger partial charge in [0.05, 0.1) is 0 Å². The third kappa shape index (κ3) is 6.61. The molecule has 0 saturated heterocycles. The monoisotopic (exact) mass is 338 g/mol. The van der Waals surface area contributed by atoms with Crippen molar-refractivity contribution in [3.05, 3.63) is 34.9 Å². The molecule has 1 rings (SSSR count). The first-order valence-electron chi connectivity index (χ1n) is 8.16. The lowest BCUT2D eigenvalue weighted by Crippen LogP contribution is -2.47. The smallest absolute Gasteiger partial charge is 0.242 e. The van der Waals surface area contributed by atoms with Gasteiger partial charge in [-0.05, 0) is 37.0 Å². The fourth-order valence-corrected chi connectivity index (χ4v) is 2.33. The largest absolute Gasteiger partial charge is 0.354 e. The van der Waals surface area contributed by atoms with Gasteiger partial charge in [-0.25, -0.2) is 0 Å². The SMILES string of the molecule is CCC(=O)N(Cc1ccc(Cl)cc1)C(C)C(=O)NCCC(C)C. The number of hydrogen-bond donors (Lipinski definition) is 1. The van der Waals surface area contributed by atoms with Crippen molar-refractivity contribution in [2.75, 3.05) is 6.54 Å². The van der Waals surface area contributed by atoms with Crippen molar-refractivity contribution in [2.24, 2.45) is 5.92 Å². The Kier molecular flexibility index (Phi) is 8.10. The molecule has 1 unspecified atom stereocenters. The molecule has 0 radical (unpaired) electrons. The van der Waals surface area contributed by atoms with Crippen molar-refractivity contribution in [1.82, 2.24) is 10.2 Å². The minimum atomic E-state index is -0.495. The van der Waals surface area contributed by atoms with Gasteiger partial charge in [0.15, 0.2) is 0 Å². The average molecular weight is 339 g/mol. The van der Waals surface area contributed by atoms with Crippen molar-refractivity contribution in [1.29, 1.82) is 0 Å². The quantitative estimate of drug-likeness (QED) is 0.786. The molecule has 0 bridgehead atoms. The summed E-state index contributed by atoms with van der Waals surface area (Å²) in [6, 6.07) is 6.84. The van der Waals surface area contributed by atoms with Crippen molar-refractivity contribution in [2.45, 2.75) is 53.1 Å². The zero-order valence-electron chi connectivity index (χ0n) is 14.4. The predicted octanol–water partition coefficient (Wildman–Crippen LogP) is 3.63. The molecule has 4 nitrogen and oxygen atoms in total. The molecule has 0 aromatic heterocycles. The Morgan fingerprint density at radius 1 is 1.17 bits per heavy atom. The van der Waals surface area contributed by atoms with Crippen LogP contribution >= 0.6 is 11.6 Å². The summed E-state index contributed by atoms with van der Waals surface area (Å²) < 4.78 is 0. The van der Waals surface area contributed by atoms with E-state index in [2.05, 4.69) is 19.2 Å². The van der Waals surface area contributed by atoms with Crippen LogP contribution in [0.1, 0.15) is 46.1 Å². The fraction of sp³-hybridized carbons (Fsp3) is 0.556. The highest BCUT2D eigenvalue weighted by Gasteiger charge is 2.24. The van der Waals surface area contributed by atoms with Crippen molar-refractivity contribution < 1.29 is 9.59 Å². The van der Waals surface area contributed by atoms with Crippen LogP contribution in [-0.4, -0.2) is 29.3 Å². The maximum atomic E-state index is 12.3. The third-order valence-electron chi connectivity index (χ3n) is 3.76. The summed E-state index contributed by atoms with van der Waals surface area (Å²) in [5.41, 5.74) is 0.957. The summed E-state index contributed by atoms with van der Waals surface area (Å²) in [6.45, 7) is 8.85. The van der Waals surface area contributed by atoms with Crippen LogP contribution in [0, 0.1) is 5.92 Å². The van der Waals surface area contributed by atoms with Gasteiger partial charge in [-0.15, -0.1) is 0 Å². The van der Waals surface area contributed by atoms with Crippen molar-refractivity contribution in [3.63, 3.8) is 0 Å². The predicted molar refractivity (Wildman–Crippen MR) is 94.2 cm³/mol. The van der Waals surface area contributed by atoms with E-state index in [-0.39, 0.29) is 11.8 Å². The second kappa shape index (κ2) is 9.56. The Bertz CT molecular complexity index is 514. The number of rotatable bonds is 8. The van der Waals surface area contributed by atoms with E-state index in [1.165, 1.54) is 0 Å². The van der Waals surface area contributed by atoms with Gasteiger partial charge >= 0.3 is 0 Å². The van der Waals surface area contributed by atoms with Crippen LogP contribution in [0.5, 0.6) is 0 Å². The van der Waals surface area contributed by atoms with E-state index >= 15 is 0 Å². The molecular formula is C18H27ClN2O2. The van der Waals surface area contributed by atoms with Gasteiger partial charge in [0.1, 0.15) is 6.04 Å². The molecule has 0 heterocycles. The van der Waals surface area contributed by atoms with Crippen LogP contribution in [0.15, 0.2) is 24.3 Å². The van der Waals surface area contributed by atoms with Crippen molar-refractivity contribution in [3.8, 4) is 0 Å². The molecule has 0 fully saturated rings. The summed E-state index contributed by atoms with van der Waals surface area (Å²) in [7, 11) is 0. The third-order valence-corrected chi connectivity index (χ3v) is 4.01. The minimum Gasteiger partial charge on any atom is -0.354 e. The molecule has 1 aromatic carbocycles. The summed E-state index contributed by atoms with van der Waals surface area (Å²) in [5.74, 6) is 0.390. The molecule has 128 valence electrons. The molecule has 5 heteroatoms. The second-order valence-corrected chi connectivity index (χ2v) is 6.59. The summed E-state index contributed by atoms with van der Waals surface area (Å²) in [5, 5.41) is 3.57. The number of hydrogen-bond acceptors (Lipinski definition) is 2. The first kappa shape index (κ1) is 19.5. The number of benzene rings is 1. The molecule has 1 atom stereocenters. The van der Waals surface area contributed by atoms with Crippen molar-refractivity contribution >= 4 is 23.4 Å². The Morgan fingerprint density at radius 2 is 1.78 bits per heavy atom. The fourth-order valence-electron chi connectivity index (χ4n) is 2.20. The first-order chi connectivity index (χ1) is 10.8. The molecule has 0 aliphatic carbocycles. The normalized spacial score (nSPS) is 12.1. The molecule has 23 heavy (non-hydrogen) atoms. The van der Waals surface area contributed by atoms with Crippen LogP contribution in [0.4, 0.5) is 0 Å². The zero-order chi connectivity index (χ0) is 17.4. The molecule has 0 saturated carbocycles. The lowest BCUT2D eigenvalue weighted by Gasteiger charge is -2.28. The Morgan fingerprint density at radius 3 is 2.30 bits per heavy atom. The van der Waals surface area contributed by atoms with Gasteiger partial charge in [0.25, 0.3) is 0 Å². The van der Waals surface area contributed by atoms with E-state index in [1.807, 2.05) is 12.1 Å². The Hall–Kier alpha value is -1.55. The highest BCUT2D eigenvalue weighted by Crippen LogP contribution is 2.14. The average Bonchev–Trinajstić information content (AvgIpc) is 2.52. The van der Waals surface area contributed by atoms with E-state index in [0.29, 0.717) is 30.5 Å². The van der Waals surface area contributed by atoms with E-state index in [4.69, 9.17) is 11.6 Å². The highest BCUT2D eigenvalue weighted by atomic mass is 35.5. The first-order valence-corrected chi connectivity index (χ1v) is 8.54. The van der Waals surface area contributed by atoms with Gasteiger partial charge in [0, 0.05) is 24.5 Å². The molecular weight excluding hydrogens is 312 g/mol. The molecule has 0 aliphatic rings. The number of halogens is 1. The number of nitrogens with zero attached hydrogens (tertiary/aromatic N) is 1. The molecule has 0 aliphatic heterocycles. The Labute approximate surface area is 144 Å². The topological polar surface area (TPSA) is 49.4 Å². The lowest BCUT2D eigenvalue weighted by molar-refractivity contribution is -0.140. The number of nitrogens with one attached hydrogen (secondary N) is 1. The van der Waals surface area contributed by atoms with Crippen LogP contribution in [0.2, 0.25) is 5.02 Å². The van der Waals surface area contributed by atoms with Crippen LogP contribution < -0.4 is 5.32 Å². The zero-order valence-corrected chi connectivity index (χ0v) is 15.2. The van der Waals surface area contributed by atoms with Crippen LogP contribution in [0.3, 0.4) is 0 Å². The molecule has 2 amide bonds. The standard InChI is InChI=1S/C18H27ClN2O2/c1-5-17(22)21(12-15-6-8-16(19)9-7-15)14(4)18(23)20-11-10-13(2)3/h6-9,13-14H,5,10-12H2,1-4H3,(H,20,23). The molecule has 0 spiro atoms. The molecule has 1 aromatic rings. The van der Waals surface area contributed by atoms with Gasteiger partial charge in [-0.1, -0.05) is 44.5 Å². The van der Waals surface area contributed by atoms with Crippen LogP contribution in [0.25, 0.3) is 0 Å².